The Morgan fingerprint density at radius 3 is 2.86 bits per heavy atom. The molecule has 0 spiro atoms. The third-order valence-electron chi connectivity index (χ3n) is 4.89. The van der Waals surface area contributed by atoms with Crippen LogP contribution in [0, 0.1) is 0 Å². The number of hydrogen-bond acceptors (Lipinski definition) is 5. The van der Waals surface area contributed by atoms with E-state index in [-0.39, 0.29) is 18.4 Å². The van der Waals surface area contributed by atoms with Gasteiger partial charge in [-0.05, 0) is 54.7 Å². The number of carbonyl (C=O) groups is 2. The zero-order valence-electron chi connectivity index (χ0n) is 16.0. The lowest BCUT2D eigenvalue weighted by Crippen LogP contribution is -2.32. The molecule has 2 N–H and O–H groups in total. The molecule has 2 amide bonds. The fourth-order valence-corrected chi connectivity index (χ4v) is 4.12. The average Bonchev–Trinajstić information content (AvgIpc) is 3.40. The van der Waals surface area contributed by atoms with Crippen molar-refractivity contribution >= 4 is 28.3 Å². The van der Waals surface area contributed by atoms with Crippen LogP contribution in [0.5, 0.6) is 5.75 Å². The van der Waals surface area contributed by atoms with Crippen LogP contribution < -0.4 is 15.4 Å². The average molecular weight is 407 g/mol. The SMILES string of the molecule is COc1cccc(C(=O)NCC(=O)Nc2nc(-c3ccc4c(c3)CCC4)cs2)c1. The van der Waals surface area contributed by atoms with Gasteiger partial charge in [-0.15, -0.1) is 11.3 Å². The third-order valence-corrected chi connectivity index (χ3v) is 5.64. The van der Waals surface area contributed by atoms with Crippen molar-refractivity contribution in [3.05, 3.63) is 64.5 Å². The number of nitrogens with one attached hydrogen (secondary N) is 2. The zero-order valence-corrected chi connectivity index (χ0v) is 16.8. The highest BCUT2D eigenvalue weighted by molar-refractivity contribution is 7.14. The van der Waals surface area contributed by atoms with Gasteiger partial charge in [0.2, 0.25) is 5.91 Å². The summed E-state index contributed by atoms with van der Waals surface area (Å²) in [5.41, 5.74) is 5.16. The number of rotatable bonds is 6. The minimum Gasteiger partial charge on any atom is -0.497 e. The lowest BCUT2D eigenvalue weighted by Gasteiger charge is -2.06. The van der Waals surface area contributed by atoms with E-state index in [0.717, 1.165) is 24.1 Å². The molecule has 29 heavy (non-hydrogen) atoms. The Kier molecular flexibility index (Phi) is 5.57. The lowest BCUT2D eigenvalue weighted by molar-refractivity contribution is -0.115. The summed E-state index contributed by atoms with van der Waals surface area (Å²) in [4.78, 5) is 28.9. The highest BCUT2D eigenvalue weighted by Crippen LogP contribution is 2.30. The Bertz CT molecular complexity index is 1060. The largest absolute Gasteiger partial charge is 0.497 e. The van der Waals surface area contributed by atoms with Crippen molar-refractivity contribution < 1.29 is 14.3 Å². The highest BCUT2D eigenvalue weighted by Gasteiger charge is 2.14. The Balaban J connectivity index is 1.34. The van der Waals surface area contributed by atoms with Crippen molar-refractivity contribution in [1.82, 2.24) is 10.3 Å². The van der Waals surface area contributed by atoms with Crippen molar-refractivity contribution in [2.75, 3.05) is 19.0 Å². The molecule has 1 heterocycles. The van der Waals surface area contributed by atoms with E-state index in [4.69, 9.17) is 4.74 Å². The molecule has 7 heteroatoms. The maximum Gasteiger partial charge on any atom is 0.251 e. The topological polar surface area (TPSA) is 80.3 Å². The molecule has 148 valence electrons. The van der Waals surface area contributed by atoms with Gasteiger partial charge in [0, 0.05) is 16.5 Å². The van der Waals surface area contributed by atoms with Gasteiger partial charge in [-0.25, -0.2) is 4.98 Å². The van der Waals surface area contributed by atoms with E-state index in [1.807, 2.05) is 5.38 Å². The zero-order chi connectivity index (χ0) is 20.2. The second kappa shape index (κ2) is 8.45. The summed E-state index contributed by atoms with van der Waals surface area (Å²) >= 11 is 1.37. The first-order chi connectivity index (χ1) is 14.1. The summed E-state index contributed by atoms with van der Waals surface area (Å²) in [7, 11) is 1.54. The standard InChI is InChI=1S/C22H21N3O3S/c1-28-18-7-3-6-17(11-18)21(27)23-12-20(26)25-22-24-19(13-29-22)16-9-8-14-4-2-5-15(14)10-16/h3,6-11,13H,2,4-5,12H2,1H3,(H,23,27)(H,24,25,26). The molecule has 1 aliphatic carbocycles. The first-order valence-electron chi connectivity index (χ1n) is 9.42. The molecule has 0 saturated heterocycles. The maximum absolute atomic E-state index is 12.2. The smallest absolute Gasteiger partial charge is 0.251 e. The van der Waals surface area contributed by atoms with Gasteiger partial charge in [0.25, 0.3) is 5.91 Å². The summed E-state index contributed by atoms with van der Waals surface area (Å²) in [5, 5.41) is 7.80. The normalized spacial score (nSPS) is 12.3. The Hall–Kier alpha value is -3.19. The molecule has 0 unspecified atom stereocenters. The van der Waals surface area contributed by atoms with Crippen molar-refractivity contribution in [2.24, 2.45) is 0 Å². The van der Waals surface area contributed by atoms with Gasteiger partial charge in [0.05, 0.1) is 19.3 Å². The van der Waals surface area contributed by atoms with Crippen molar-refractivity contribution in [3.63, 3.8) is 0 Å². The van der Waals surface area contributed by atoms with Crippen LogP contribution >= 0.6 is 11.3 Å². The number of anilines is 1. The minimum absolute atomic E-state index is 0.135. The van der Waals surface area contributed by atoms with Crippen LogP contribution in [0.4, 0.5) is 5.13 Å². The molecule has 2 aromatic carbocycles. The highest BCUT2D eigenvalue weighted by atomic mass is 32.1. The minimum atomic E-state index is -0.336. The van der Waals surface area contributed by atoms with Crippen LogP contribution in [0.1, 0.15) is 27.9 Å². The summed E-state index contributed by atoms with van der Waals surface area (Å²) in [5.74, 6) is -0.0721. The number of aryl methyl sites for hydroxylation is 2. The number of hydrogen-bond donors (Lipinski definition) is 2. The number of amides is 2. The van der Waals surface area contributed by atoms with E-state index in [2.05, 4.69) is 33.8 Å². The Morgan fingerprint density at radius 1 is 1.14 bits per heavy atom. The monoisotopic (exact) mass is 407 g/mol. The molecule has 0 atom stereocenters. The van der Waals surface area contributed by atoms with Crippen molar-refractivity contribution in [1.29, 1.82) is 0 Å². The molecule has 0 radical (unpaired) electrons. The molecule has 3 aromatic rings. The molecule has 0 saturated carbocycles. The first-order valence-corrected chi connectivity index (χ1v) is 10.3. The lowest BCUT2D eigenvalue weighted by atomic mass is 10.1. The second-order valence-electron chi connectivity index (χ2n) is 6.84. The van der Waals surface area contributed by atoms with Gasteiger partial charge < -0.3 is 15.4 Å². The Labute approximate surface area is 172 Å². The van der Waals surface area contributed by atoms with Gasteiger partial charge in [-0.1, -0.05) is 18.2 Å². The molecule has 0 bridgehead atoms. The number of ether oxygens (including phenoxy) is 1. The summed E-state index contributed by atoms with van der Waals surface area (Å²) in [6.07, 6.45) is 3.47. The van der Waals surface area contributed by atoms with Crippen LogP contribution in [0.15, 0.2) is 47.8 Å². The fourth-order valence-electron chi connectivity index (χ4n) is 3.39. The number of aromatic nitrogens is 1. The predicted octanol–water partition coefficient (Wildman–Crippen LogP) is 3.68. The molecular formula is C22H21N3O3S. The van der Waals surface area contributed by atoms with E-state index in [1.54, 1.807) is 24.3 Å². The molecular weight excluding hydrogens is 386 g/mol. The first kappa shape index (κ1) is 19.1. The van der Waals surface area contributed by atoms with Gasteiger partial charge in [0.1, 0.15) is 5.75 Å². The predicted molar refractivity (Wildman–Crippen MR) is 114 cm³/mol. The number of fused-ring (bicyclic) bond motifs is 1. The molecule has 0 fully saturated rings. The van der Waals surface area contributed by atoms with Crippen LogP contribution in [0.2, 0.25) is 0 Å². The van der Waals surface area contributed by atoms with Gasteiger partial charge in [-0.3, -0.25) is 9.59 Å². The molecule has 4 rings (SSSR count). The summed E-state index contributed by atoms with van der Waals surface area (Å²) < 4.78 is 5.11. The van der Waals surface area contributed by atoms with E-state index in [9.17, 15) is 9.59 Å². The second-order valence-corrected chi connectivity index (χ2v) is 7.70. The van der Waals surface area contributed by atoms with Crippen LogP contribution in [0.3, 0.4) is 0 Å². The number of nitrogens with zero attached hydrogens (tertiary/aromatic N) is 1. The van der Waals surface area contributed by atoms with Crippen LogP contribution in [-0.2, 0) is 17.6 Å². The van der Waals surface area contributed by atoms with Gasteiger partial charge in [0.15, 0.2) is 5.13 Å². The fraction of sp³-hybridized carbons (Fsp3) is 0.227. The van der Waals surface area contributed by atoms with E-state index < -0.39 is 0 Å². The maximum atomic E-state index is 12.2. The van der Waals surface area contributed by atoms with Crippen molar-refractivity contribution in [2.45, 2.75) is 19.3 Å². The third kappa shape index (κ3) is 4.46. The van der Waals surface area contributed by atoms with Gasteiger partial charge >= 0.3 is 0 Å². The summed E-state index contributed by atoms with van der Waals surface area (Å²) in [6, 6.07) is 13.2. The molecule has 1 aromatic heterocycles. The number of thiazole rings is 1. The number of methoxy groups -OCH3 is 1. The van der Waals surface area contributed by atoms with Crippen molar-refractivity contribution in [3.8, 4) is 17.0 Å². The molecule has 6 nitrogen and oxygen atoms in total. The van der Waals surface area contributed by atoms with Gasteiger partial charge in [-0.2, -0.15) is 0 Å². The van der Waals surface area contributed by atoms with E-state index in [1.165, 1.54) is 36.0 Å². The van der Waals surface area contributed by atoms with E-state index in [0.29, 0.717) is 16.4 Å². The molecule has 0 aliphatic heterocycles. The van der Waals surface area contributed by atoms with E-state index >= 15 is 0 Å². The molecule has 1 aliphatic rings. The summed E-state index contributed by atoms with van der Waals surface area (Å²) in [6.45, 7) is -0.135. The quantitative estimate of drug-likeness (QED) is 0.653. The van der Waals surface area contributed by atoms with Crippen LogP contribution in [0.25, 0.3) is 11.3 Å². The Morgan fingerprint density at radius 2 is 2.00 bits per heavy atom. The van der Waals surface area contributed by atoms with Crippen LogP contribution in [-0.4, -0.2) is 30.5 Å². The number of carbonyl (C=O) groups excluding carboxylic acids is 2. The number of benzene rings is 2.